The minimum atomic E-state index is 0.212. The van der Waals surface area contributed by atoms with Crippen molar-refractivity contribution in [2.45, 2.75) is 76.4 Å². The van der Waals surface area contributed by atoms with Crippen LogP contribution in [-0.4, -0.2) is 70.9 Å². The third-order valence-corrected chi connectivity index (χ3v) is 7.47. The first-order chi connectivity index (χ1) is 14.2. The molecule has 0 unspecified atom stereocenters. The molecule has 0 radical (unpaired) electrons. The van der Waals surface area contributed by atoms with Gasteiger partial charge in [0.1, 0.15) is 0 Å². The molecule has 0 N–H and O–H groups in total. The normalized spacial score (nSPS) is 25.8. The maximum Gasteiger partial charge on any atom is 0.226 e. The molecule has 1 aromatic rings. The molecule has 1 saturated carbocycles. The van der Waals surface area contributed by atoms with Crippen molar-refractivity contribution in [3.05, 3.63) is 30.1 Å². The van der Waals surface area contributed by atoms with Gasteiger partial charge in [-0.15, -0.1) is 0 Å². The van der Waals surface area contributed by atoms with Crippen LogP contribution in [0.4, 0.5) is 0 Å². The molecule has 0 bridgehead atoms. The zero-order valence-electron chi connectivity index (χ0n) is 18.1. The van der Waals surface area contributed by atoms with Gasteiger partial charge in [0.25, 0.3) is 0 Å². The van der Waals surface area contributed by atoms with E-state index in [1.165, 1.54) is 63.5 Å². The molecular weight excluding hydrogens is 360 g/mol. The predicted octanol–water partition coefficient (Wildman–Crippen LogP) is 3.55. The van der Waals surface area contributed by atoms with Crippen LogP contribution in [0.2, 0.25) is 0 Å². The number of carbonyl (C=O) groups is 1. The van der Waals surface area contributed by atoms with Crippen molar-refractivity contribution in [3.63, 3.8) is 0 Å². The fourth-order valence-electron chi connectivity index (χ4n) is 5.67. The summed E-state index contributed by atoms with van der Waals surface area (Å²) in [6, 6.07) is 5.33. The highest BCUT2D eigenvalue weighted by atomic mass is 16.2. The Morgan fingerprint density at radius 3 is 2.59 bits per heavy atom. The standard InChI is InChI=1S/C24H38N4O/c1-26(22-9-3-2-4-10-22)24(29)21-8-6-14-28(19-21)23-11-15-27(16-12-23)18-20-7-5-13-25-17-20/h5,7,13,17,21-23H,2-4,6,8-12,14-16,18-19H2,1H3/t21-/m1/s1. The number of rotatable bonds is 5. The second kappa shape index (κ2) is 10.0. The Morgan fingerprint density at radius 1 is 1.07 bits per heavy atom. The summed E-state index contributed by atoms with van der Waals surface area (Å²) >= 11 is 0. The van der Waals surface area contributed by atoms with Gasteiger partial charge in [-0.05, 0) is 69.8 Å². The molecule has 4 rings (SSSR count). The summed E-state index contributed by atoms with van der Waals surface area (Å²) in [7, 11) is 2.06. The summed E-state index contributed by atoms with van der Waals surface area (Å²) in [6.07, 6.45) is 14.8. The van der Waals surface area contributed by atoms with Crippen molar-refractivity contribution < 1.29 is 4.79 Å². The number of hydrogen-bond donors (Lipinski definition) is 0. The van der Waals surface area contributed by atoms with Gasteiger partial charge in [0.15, 0.2) is 0 Å². The van der Waals surface area contributed by atoms with Crippen LogP contribution in [0.5, 0.6) is 0 Å². The second-order valence-corrected chi connectivity index (χ2v) is 9.44. The first-order valence-corrected chi connectivity index (χ1v) is 11.8. The number of nitrogens with zero attached hydrogens (tertiary/aromatic N) is 4. The Morgan fingerprint density at radius 2 is 1.86 bits per heavy atom. The molecule has 160 valence electrons. The SMILES string of the molecule is CN(C(=O)[C@@H]1CCCN(C2CCN(Cc3cccnc3)CC2)C1)C1CCCCC1. The average molecular weight is 399 g/mol. The third-order valence-electron chi connectivity index (χ3n) is 7.47. The molecule has 0 aromatic carbocycles. The van der Waals surface area contributed by atoms with Crippen LogP contribution in [0.15, 0.2) is 24.5 Å². The van der Waals surface area contributed by atoms with E-state index in [0.717, 1.165) is 32.6 Å². The number of hydrogen-bond acceptors (Lipinski definition) is 4. The highest BCUT2D eigenvalue weighted by molar-refractivity contribution is 5.79. The Balaban J connectivity index is 1.26. The highest BCUT2D eigenvalue weighted by Gasteiger charge is 2.34. The van der Waals surface area contributed by atoms with Crippen LogP contribution in [0.1, 0.15) is 63.4 Å². The van der Waals surface area contributed by atoms with E-state index in [0.29, 0.717) is 18.0 Å². The van der Waals surface area contributed by atoms with E-state index in [2.05, 4.69) is 32.8 Å². The minimum Gasteiger partial charge on any atom is -0.342 e. The molecule has 1 atom stereocenters. The summed E-state index contributed by atoms with van der Waals surface area (Å²) in [6.45, 7) is 5.45. The predicted molar refractivity (Wildman–Crippen MR) is 116 cm³/mol. The monoisotopic (exact) mass is 398 g/mol. The molecule has 3 aliphatic rings. The van der Waals surface area contributed by atoms with Crippen molar-refractivity contribution in [2.24, 2.45) is 5.92 Å². The quantitative estimate of drug-likeness (QED) is 0.760. The molecule has 0 spiro atoms. The number of pyridine rings is 1. The highest BCUT2D eigenvalue weighted by Crippen LogP contribution is 2.28. The lowest BCUT2D eigenvalue weighted by atomic mass is 9.90. The van der Waals surface area contributed by atoms with Gasteiger partial charge in [0.05, 0.1) is 5.92 Å². The van der Waals surface area contributed by atoms with Crippen molar-refractivity contribution in [2.75, 3.05) is 33.2 Å². The first-order valence-electron chi connectivity index (χ1n) is 11.8. The van der Waals surface area contributed by atoms with Gasteiger partial charge in [-0.1, -0.05) is 25.3 Å². The second-order valence-electron chi connectivity index (χ2n) is 9.44. The van der Waals surface area contributed by atoms with Crippen LogP contribution >= 0.6 is 0 Å². The summed E-state index contributed by atoms with van der Waals surface area (Å²) in [5, 5.41) is 0. The summed E-state index contributed by atoms with van der Waals surface area (Å²) < 4.78 is 0. The van der Waals surface area contributed by atoms with E-state index in [-0.39, 0.29) is 5.92 Å². The summed E-state index contributed by atoms with van der Waals surface area (Å²) in [5.74, 6) is 0.625. The number of carbonyl (C=O) groups excluding carboxylic acids is 1. The first kappa shape index (κ1) is 20.8. The smallest absolute Gasteiger partial charge is 0.226 e. The zero-order chi connectivity index (χ0) is 20.1. The molecule has 5 heteroatoms. The molecule has 1 aromatic heterocycles. The number of amides is 1. The molecule has 1 aliphatic carbocycles. The largest absolute Gasteiger partial charge is 0.342 e. The van der Waals surface area contributed by atoms with Gasteiger partial charge in [-0.3, -0.25) is 19.6 Å². The van der Waals surface area contributed by atoms with Gasteiger partial charge in [0, 0.05) is 44.6 Å². The lowest BCUT2D eigenvalue weighted by Gasteiger charge is -2.43. The van der Waals surface area contributed by atoms with Crippen LogP contribution in [0.25, 0.3) is 0 Å². The van der Waals surface area contributed by atoms with Gasteiger partial charge >= 0.3 is 0 Å². The van der Waals surface area contributed by atoms with Gasteiger partial charge < -0.3 is 4.90 Å². The minimum absolute atomic E-state index is 0.212. The molecule has 2 saturated heterocycles. The number of aromatic nitrogens is 1. The average Bonchev–Trinajstić information content (AvgIpc) is 2.80. The van der Waals surface area contributed by atoms with Crippen LogP contribution in [-0.2, 0) is 11.3 Å². The van der Waals surface area contributed by atoms with Crippen molar-refractivity contribution in [1.82, 2.24) is 19.7 Å². The van der Waals surface area contributed by atoms with E-state index in [1.54, 1.807) is 0 Å². The fourth-order valence-corrected chi connectivity index (χ4v) is 5.67. The van der Waals surface area contributed by atoms with E-state index in [9.17, 15) is 4.79 Å². The number of piperidine rings is 2. The van der Waals surface area contributed by atoms with Crippen LogP contribution < -0.4 is 0 Å². The molecule has 29 heavy (non-hydrogen) atoms. The van der Waals surface area contributed by atoms with Crippen molar-refractivity contribution in [1.29, 1.82) is 0 Å². The Labute approximate surface area is 176 Å². The Bertz CT molecular complexity index is 638. The van der Waals surface area contributed by atoms with Gasteiger partial charge in [-0.25, -0.2) is 0 Å². The summed E-state index contributed by atoms with van der Waals surface area (Å²) in [5.41, 5.74) is 1.31. The number of likely N-dealkylation sites (tertiary alicyclic amines) is 2. The maximum absolute atomic E-state index is 13.2. The molecule has 3 fully saturated rings. The van der Waals surface area contributed by atoms with E-state index < -0.39 is 0 Å². The van der Waals surface area contributed by atoms with Crippen LogP contribution in [0.3, 0.4) is 0 Å². The molecular formula is C24H38N4O. The topological polar surface area (TPSA) is 39.7 Å². The molecule has 2 aliphatic heterocycles. The maximum atomic E-state index is 13.2. The van der Waals surface area contributed by atoms with Crippen molar-refractivity contribution >= 4 is 5.91 Å². The van der Waals surface area contributed by atoms with Crippen molar-refractivity contribution in [3.8, 4) is 0 Å². The molecule has 5 nitrogen and oxygen atoms in total. The molecule has 1 amide bonds. The van der Waals surface area contributed by atoms with E-state index >= 15 is 0 Å². The van der Waals surface area contributed by atoms with E-state index in [4.69, 9.17) is 0 Å². The molecule has 3 heterocycles. The van der Waals surface area contributed by atoms with Gasteiger partial charge in [-0.2, -0.15) is 0 Å². The fraction of sp³-hybridized carbons (Fsp3) is 0.750. The lowest BCUT2D eigenvalue weighted by Crippen LogP contribution is -2.52. The van der Waals surface area contributed by atoms with Crippen LogP contribution in [0, 0.1) is 5.92 Å². The Kier molecular flexibility index (Phi) is 7.20. The van der Waals surface area contributed by atoms with Gasteiger partial charge in [0.2, 0.25) is 5.91 Å². The zero-order valence-corrected chi connectivity index (χ0v) is 18.1. The Hall–Kier alpha value is -1.46. The van der Waals surface area contributed by atoms with E-state index in [1.807, 2.05) is 18.5 Å². The summed E-state index contributed by atoms with van der Waals surface area (Å²) in [4.78, 5) is 24.7. The lowest BCUT2D eigenvalue weighted by molar-refractivity contribution is -0.139. The third kappa shape index (κ3) is 5.37.